The van der Waals surface area contributed by atoms with Gasteiger partial charge in [-0.1, -0.05) is 20.8 Å². The normalized spacial score (nSPS) is 12.1. The number of aromatic nitrogens is 1. The van der Waals surface area contributed by atoms with Crippen LogP contribution in [0.1, 0.15) is 49.2 Å². The largest absolute Gasteiger partial charge is 0.371 e. The lowest BCUT2D eigenvalue weighted by atomic mass is 9.98. The van der Waals surface area contributed by atoms with E-state index in [9.17, 15) is 0 Å². The highest BCUT2D eigenvalue weighted by Crippen LogP contribution is 2.36. The zero-order chi connectivity index (χ0) is 12.9. The first kappa shape index (κ1) is 14.6. The van der Waals surface area contributed by atoms with Gasteiger partial charge in [-0.05, 0) is 26.3 Å². The first-order chi connectivity index (χ1) is 8.13. The summed E-state index contributed by atoms with van der Waals surface area (Å²) in [6.45, 7) is 10.4. The standard InChI is InChI=1S/C13H24N2OS/c1-6-13(7-2,16-5)12-15-10(4)11(17-12)9-14-8-3/h14H,6-9H2,1-5H3. The van der Waals surface area contributed by atoms with Gasteiger partial charge < -0.3 is 10.1 Å². The van der Waals surface area contributed by atoms with Gasteiger partial charge >= 0.3 is 0 Å². The van der Waals surface area contributed by atoms with Gasteiger partial charge in [0.15, 0.2) is 0 Å². The minimum Gasteiger partial charge on any atom is -0.371 e. The van der Waals surface area contributed by atoms with Crippen molar-refractivity contribution in [2.24, 2.45) is 0 Å². The van der Waals surface area contributed by atoms with Gasteiger partial charge in [0, 0.05) is 18.5 Å². The Morgan fingerprint density at radius 3 is 2.41 bits per heavy atom. The molecule has 0 aliphatic rings. The molecule has 0 radical (unpaired) electrons. The van der Waals surface area contributed by atoms with Gasteiger partial charge in [0.1, 0.15) is 10.6 Å². The number of nitrogens with zero attached hydrogens (tertiary/aromatic N) is 1. The van der Waals surface area contributed by atoms with Gasteiger partial charge in [-0.15, -0.1) is 11.3 Å². The molecule has 0 atom stereocenters. The molecular formula is C13H24N2OS. The molecule has 1 aromatic heterocycles. The quantitative estimate of drug-likeness (QED) is 0.813. The van der Waals surface area contributed by atoms with E-state index in [2.05, 4.69) is 33.0 Å². The second-order valence-corrected chi connectivity index (χ2v) is 5.30. The highest BCUT2D eigenvalue weighted by molar-refractivity contribution is 7.11. The Kier molecular flexibility index (Phi) is 5.56. The monoisotopic (exact) mass is 256 g/mol. The minimum absolute atomic E-state index is 0.195. The second kappa shape index (κ2) is 6.47. The fraction of sp³-hybridized carbons (Fsp3) is 0.769. The van der Waals surface area contributed by atoms with E-state index in [-0.39, 0.29) is 5.60 Å². The van der Waals surface area contributed by atoms with Gasteiger partial charge in [0.05, 0.1) is 5.69 Å². The van der Waals surface area contributed by atoms with Crippen LogP contribution >= 0.6 is 11.3 Å². The smallest absolute Gasteiger partial charge is 0.125 e. The van der Waals surface area contributed by atoms with Crippen LogP contribution < -0.4 is 5.32 Å². The third kappa shape index (κ3) is 3.06. The Bertz CT molecular complexity index is 337. The zero-order valence-corrected chi connectivity index (χ0v) is 12.4. The average Bonchev–Trinajstić information content (AvgIpc) is 2.72. The number of methoxy groups -OCH3 is 1. The maximum Gasteiger partial charge on any atom is 0.125 e. The summed E-state index contributed by atoms with van der Waals surface area (Å²) in [7, 11) is 1.79. The maximum absolute atomic E-state index is 5.72. The molecule has 0 aliphatic carbocycles. The Labute approximate surface area is 109 Å². The molecule has 3 nitrogen and oxygen atoms in total. The lowest BCUT2D eigenvalue weighted by molar-refractivity contribution is -0.0219. The molecule has 0 spiro atoms. The molecular weight excluding hydrogens is 232 g/mol. The fourth-order valence-corrected chi connectivity index (χ4v) is 3.30. The lowest BCUT2D eigenvalue weighted by Crippen LogP contribution is -2.26. The second-order valence-electron chi connectivity index (χ2n) is 4.21. The van der Waals surface area contributed by atoms with E-state index in [4.69, 9.17) is 9.72 Å². The molecule has 1 N–H and O–H groups in total. The summed E-state index contributed by atoms with van der Waals surface area (Å²) in [4.78, 5) is 6.03. The number of hydrogen-bond donors (Lipinski definition) is 1. The van der Waals surface area contributed by atoms with Gasteiger partial charge in [0.2, 0.25) is 0 Å². The van der Waals surface area contributed by atoms with E-state index in [1.807, 2.05) is 0 Å². The molecule has 1 rings (SSSR count). The Hall–Kier alpha value is -0.450. The number of thiazole rings is 1. The summed E-state index contributed by atoms with van der Waals surface area (Å²) in [6.07, 6.45) is 1.93. The number of hydrogen-bond acceptors (Lipinski definition) is 4. The highest BCUT2D eigenvalue weighted by Gasteiger charge is 2.32. The average molecular weight is 256 g/mol. The van der Waals surface area contributed by atoms with Crippen molar-refractivity contribution in [3.8, 4) is 0 Å². The van der Waals surface area contributed by atoms with Crippen molar-refractivity contribution in [3.63, 3.8) is 0 Å². The van der Waals surface area contributed by atoms with Crippen molar-refractivity contribution >= 4 is 11.3 Å². The number of ether oxygens (including phenoxy) is 1. The van der Waals surface area contributed by atoms with E-state index in [0.29, 0.717) is 0 Å². The van der Waals surface area contributed by atoms with Crippen molar-refractivity contribution < 1.29 is 4.74 Å². The number of rotatable bonds is 7. The molecule has 0 aliphatic heterocycles. The molecule has 0 unspecified atom stereocenters. The van der Waals surface area contributed by atoms with Crippen molar-refractivity contribution in [2.75, 3.05) is 13.7 Å². The van der Waals surface area contributed by atoms with Gasteiger partial charge in [-0.25, -0.2) is 4.98 Å². The molecule has 0 aromatic carbocycles. The van der Waals surface area contributed by atoms with E-state index in [0.717, 1.165) is 36.6 Å². The lowest BCUT2D eigenvalue weighted by Gasteiger charge is -2.27. The summed E-state index contributed by atoms with van der Waals surface area (Å²) in [5.41, 5.74) is 0.939. The zero-order valence-electron chi connectivity index (χ0n) is 11.6. The molecule has 98 valence electrons. The summed E-state index contributed by atoms with van der Waals surface area (Å²) < 4.78 is 5.72. The van der Waals surface area contributed by atoms with Crippen LogP contribution in [0.2, 0.25) is 0 Å². The van der Waals surface area contributed by atoms with E-state index >= 15 is 0 Å². The highest BCUT2D eigenvalue weighted by atomic mass is 32.1. The van der Waals surface area contributed by atoms with Crippen molar-refractivity contribution in [1.82, 2.24) is 10.3 Å². The van der Waals surface area contributed by atoms with Crippen molar-refractivity contribution in [1.29, 1.82) is 0 Å². The molecule has 1 heterocycles. The molecule has 4 heteroatoms. The predicted octanol–water partition coefficient (Wildman–Crippen LogP) is 3.22. The van der Waals surface area contributed by atoms with Crippen molar-refractivity contribution in [2.45, 2.75) is 52.7 Å². The van der Waals surface area contributed by atoms with Gasteiger partial charge in [-0.2, -0.15) is 0 Å². The van der Waals surface area contributed by atoms with Crippen molar-refractivity contribution in [3.05, 3.63) is 15.6 Å². The summed E-state index contributed by atoms with van der Waals surface area (Å²) >= 11 is 1.78. The topological polar surface area (TPSA) is 34.1 Å². The maximum atomic E-state index is 5.72. The Morgan fingerprint density at radius 1 is 1.29 bits per heavy atom. The fourth-order valence-electron chi connectivity index (χ4n) is 1.95. The Balaban J connectivity index is 2.97. The van der Waals surface area contributed by atoms with E-state index in [1.54, 1.807) is 18.4 Å². The first-order valence-corrected chi connectivity index (χ1v) is 7.17. The van der Waals surface area contributed by atoms with Crippen LogP contribution in [0.3, 0.4) is 0 Å². The third-order valence-electron chi connectivity index (χ3n) is 3.35. The van der Waals surface area contributed by atoms with Crippen LogP contribution in [0.5, 0.6) is 0 Å². The summed E-state index contributed by atoms with van der Waals surface area (Å²) in [5, 5.41) is 4.47. The van der Waals surface area contributed by atoms with Gasteiger partial charge in [-0.3, -0.25) is 0 Å². The predicted molar refractivity (Wildman–Crippen MR) is 73.5 cm³/mol. The van der Waals surface area contributed by atoms with Crippen LogP contribution in [0.15, 0.2) is 0 Å². The summed E-state index contributed by atoms with van der Waals surface area (Å²) in [5.74, 6) is 0. The van der Waals surface area contributed by atoms with Crippen LogP contribution in [0.25, 0.3) is 0 Å². The van der Waals surface area contributed by atoms with Gasteiger partial charge in [0.25, 0.3) is 0 Å². The minimum atomic E-state index is -0.195. The number of aryl methyl sites for hydroxylation is 1. The molecule has 1 aromatic rings. The van der Waals surface area contributed by atoms with E-state index < -0.39 is 0 Å². The number of nitrogens with one attached hydrogen (secondary N) is 1. The molecule has 0 fully saturated rings. The first-order valence-electron chi connectivity index (χ1n) is 6.36. The summed E-state index contributed by atoms with van der Waals surface area (Å²) in [6, 6.07) is 0. The SMILES string of the molecule is CCNCc1sc(C(CC)(CC)OC)nc1C. The van der Waals surface area contributed by atoms with Crippen LogP contribution in [0.4, 0.5) is 0 Å². The Morgan fingerprint density at radius 2 is 1.94 bits per heavy atom. The molecule has 0 amide bonds. The van der Waals surface area contributed by atoms with Crippen LogP contribution in [0, 0.1) is 6.92 Å². The molecule has 17 heavy (non-hydrogen) atoms. The molecule has 0 bridgehead atoms. The van der Waals surface area contributed by atoms with E-state index in [1.165, 1.54) is 4.88 Å². The third-order valence-corrected chi connectivity index (χ3v) is 4.69. The molecule has 0 saturated heterocycles. The molecule has 0 saturated carbocycles. The van der Waals surface area contributed by atoms with Crippen LogP contribution in [-0.4, -0.2) is 18.6 Å². The van der Waals surface area contributed by atoms with Crippen LogP contribution in [-0.2, 0) is 16.9 Å².